The van der Waals surface area contributed by atoms with E-state index in [2.05, 4.69) is 21.2 Å². The molecular weight excluding hydrogens is 636 g/mol. The zero-order valence-electron chi connectivity index (χ0n) is 23.0. The van der Waals surface area contributed by atoms with Gasteiger partial charge >= 0.3 is 4.87 Å². The van der Waals surface area contributed by atoms with Gasteiger partial charge in [-0.15, -0.1) is 0 Å². The standard InChI is InChI=1S/C31H27BrN4O4S2/c1-17-5-4-6-20(15-17)33-23(37)16-35-30-27(42-31(35)40)24(18-7-11-21(12-8-18)34(2)3)25-26(41-30)29(39)36(28(25)38)22-13-9-19(32)10-14-22/h4-15,24-26H,16H2,1-3H3,(H,33,37). The first-order valence-corrected chi connectivity index (χ1v) is 15.8. The molecule has 8 nitrogen and oxygen atoms in total. The fraction of sp³-hybridized carbons (Fsp3) is 0.226. The summed E-state index contributed by atoms with van der Waals surface area (Å²) in [5, 5.41) is 2.69. The largest absolute Gasteiger partial charge is 0.378 e. The molecule has 2 aliphatic heterocycles. The summed E-state index contributed by atoms with van der Waals surface area (Å²) >= 11 is 5.66. The molecule has 4 aromatic rings. The molecule has 2 aliphatic rings. The highest BCUT2D eigenvalue weighted by atomic mass is 79.9. The number of benzene rings is 3. The van der Waals surface area contributed by atoms with E-state index in [1.54, 1.807) is 30.3 Å². The van der Waals surface area contributed by atoms with Gasteiger partial charge in [-0.25, -0.2) is 4.90 Å². The number of aryl methyl sites for hydroxylation is 1. The maximum atomic E-state index is 14.0. The Hall–Kier alpha value is -3.67. The van der Waals surface area contributed by atoms with Crippen molar-refractivity contribution in [2.75, 3.05) is 29.2 Å². The van der Waals surface area contributed by atoms with E-state index in [4.69, 9.17) is 0 Å². The molecule has 3 atom stereocenters. The van der Waals surface area contributed by atoms with Gasteiger partial charge in [-0.1, -0.05) is 63.3 Å². The smallest absolute Gasteiger partial charge is 0.308 e. The van der Waals surface area contributed by atoms with Crippen molar-refractivity contribution in [3.05, 3.63) is 103 Å². The average molecular weight is 664 g/mol. The maximum absolute atomic E-state index is 14.0. The van der Waals surface area contributed by atoms with Gasteiger partial charge in [-0.2, -0.15) is 0 Å². The van der Waals surface area contributed by atoms with Gasteiger partial charge in [0.05, 0.1) is 16.6 Å². The van der Waals surface area contributed by atoms with Gasteiger partial charge in [0, 0.05) is 40.7 Å². The number of aromatic nitrogens is 1. The number of imide groups is 1. The van der Waals surface area contributed by atoms with Crippen molar-refractivity contribution in [2.24, 2.45) is 5.92 Å². The van der Waals surface area contributed by atoms with Crippen LogP contribution in [0.4, 0.5) is 17.1 Å². The second kappa shape index (κ2) is 11.2. The summed E-state index contributed by atoms with van der Waals surface area (Å²) in [5.74, 6) is -2.18. The van der Waals surface area contributed by atoms with Gasteiger partial charge in [0.2, 0.25) is 17.7 Å². The van der Waals surface area contributed by atoms with Crippen LogP contribution in [0, 0.1) is 12.8 Å². The molecule has 0 aliphatic carbocycles. The summed E-state index contributed by atoms with van der Waals surface area (Å²) < 4.78 is 2.28. The molecule has 0 radical (unpaired) electrons. The zero-order valence-corrected chi connectivity index (χ0v) is 26.3. The van der Waals surface area contributed by atoms with Crippen molar-refractivity contribution in [3.8, 4) is 0 Å². The van der Waals surface area contributed by atoms with Gasteiger partial charge in [-0.05, 0) is 66.6 Å². The van der Waals surface area contributed by atoms with E-state index < -0.39 is 17.1 Å². The molecule has 3 heterocycles. The number of nitrogens with one attached hydrogen (secondary N) is 1. The summed E-state index contributed by atoms with van der Waals surface area (Å²) in [5.41, 5.74) is 3.98. The van der Waals surface area contributed by atoms with E-state index >= 15 is 0 Å². The molecule has 42 heavy (non-hydrogen) atoms. The second-order valence-electron chi connectivity index (χ2n) is 10.6. The molecule has 214 valence electrons. The van der Waals surface area contributed by atoms with Crippen molar-refractivity contribution in [1.82, 2.24) is 4.57 Å². The van der Waals surface area contributed by atoms with Gasteiger partial charge in [-0.3, -0.25) is 23.7 Å². The van der Waals surface area contributed by atoms with Crippen molar-refractivity contribution in [2.45, 2.75) is 29.7 Å². The van der Waals surface area contributed by atoms with Crippen LogP contribution in [-0.4, -0.2) is 41.6 Å². The number of hydrogen-bond acceptors (Lipinski definition) is 7. The third kappa shape index (κ3) is 5.10. The summed E-state index contributed by atoms with van der Waals surface area (Å²) in [4.78, 5) is 58.0. The lowest BCUT2D eigenvalue weighted by atomic mass is 9.83. The lowest BCUT2D eigenvalue weighted by molar-refractivity contribution is -0.122. The Bertz CT molecular complexity index is 1760. The average Bonchev–Trinajstić information content (AvgIpc) is 3.40. The van der Waals surface area contributed by atoms with E-state index in [1.165, 1.54) is 21.2 Å². The highest BCUT2D eigenvalue weighted by Gasteiger charge is 2.56. The number of carbonyl (C=O) groups is 3. The Labute approximate surface area is 259 Å². The fourth-order valence-electron chi connectivity index (χ4n) is 5.51. The molecule has 11 heteroatoms. The third-order valence-electron chi connectivity index (χ3n) is 7.51. The molecule has 3 aromatic carbocycles. The van der Waals surface area contributed by atoms with Crippen LogP contribution in [0.1, 0.15) is 21.9 Å². The lowest BCUT2D eigenvalue weighted by Crippen LogP contribution is -2.33. The quantitative estimate of drug-likeness (QED) is 0.275. The second-order valence-corrected chi connectivity index (χ2v) is 13.6. The Morgan fingerprint density at radius 3 is 2.36 bits per heavy atom. The van der Waals surface area contributed by atoms with Gasteiger partial charge in [0.1, 0.15) is 11.8 Å². The summed E-state index contributed by atoms with van der Waals surface area (Å²) in [6.45, 7) is 1.74. The summed E-state index contributed by atoms with van der Waals surface area (Å²) in [6, 6.07) is 22.4. The number of nitrogens with zero attached hydrogens (tertiary/aromatic N) is 3. The van der Waals surface area contributed by atoms with Crippen LogP contribution >= 0.6 is 39.0 Å². The first-order chi connectivity index (χ1) is 20.1. The van der Waals surface area contributed by atoms with Crippen molar-refractivity contribution in [3.63, 3.8) is 0 Å². The number of fused-ring (bicyclic) bond motifs is 2. The van der Waals surface area contributed by atoms with Crippen molar-refractivity contribution in [1.29, 1.82) is 0 Å². The van der Waals surface area contributed by atoms with Gasteiger partial charge in [0.15, 0.2) is 0 Å². The fourth-order valence-corrected chi connectivity index (χ4v) is 8.54. The molecule has 3 unspecified atom stereocenters. The number of anilines is 3. The minimum atomic E-state index is -0.743. The van der Waals surface area contributed by atoms with Crippen molar-refractivity contribution < 1.29 is 14.4 Å². The number of carbonyl (C=O) groups excluding carboxylic acids is 3. The van der Waals surface area contributed by atoms with Crippen LogP contribution in [0.2, 0.25) is 0 Å². The number of thiazole rings is 1. The molecule has 0 saturated carbocycles. The third-order valence-corrected chi connectivity index (χ3v) is 10.6. The SMILES string of the molecule is Cc1cccc(NC(=O)Cn2c3c(sc2=O)C(c2ccc(N(C)C)cc2)C2C(=O)N(c4ccc(Br)cc4)C(=O)C2S3)c1. The Morgan fingerprint density at radius 1 is 0.976 bits per heavy atom. The molecule has 1 N–H and O–H groups in total. The van der Waals surface area contributed by atoms with E-state index in [9.17, 15) is 19.2 Å². The van der Waals surface area contributed by atoms with E-state index in [0.717, 1.165) is 32.6 Å². The number of amides is 3. The first-order valence-electron chi connectivity index (χ1n) is 13.3. The minimum Gasteiger partial charge on any atom is -0.378 e. The number of hydrogen-bond donors (Lipinski definition) is 1. The molecule has 1 saturated heterocycles. The van der Waals surface area contributed by atoms with Crippen LogP contribution in [0.15, 0.2) is 87.1 Å². The normalized spacial score (nSPS) is 19.4. The molecule has 1 fully saturated rings. The van der Waals surface area contributed by atoms with Gasteiger partial charge < -0.3 is 10.2 Å². The summed E-state index contributed by atoms with van der Waals surface area (Å²) in [6.07, 6.45) is 0. The molecule has 0 bridgehead atoms. The van der Waals surface area contributed by atoms with Crippen LogP contribution < -0.4 is 20.0 Å². The molecule has 0 spiro atoms. The number of halogens is 1. The first kappa shape index (κ1) is 28.4. The summed E-state index contributed by atoms with van der Waals surface area (Å²) in [7, 11) is 3.90. The molecule has 3 amide bonds. The molecule has 6 rings (SSSR count). The highest BCUT2D eigenvalue weighted by Crippen LogP contribution is 2.54. The van der Waals surface area contributed by atoms with E-state index in [-0.39, 0.29) is 29.1 Å². The Morgan fingerprint density at radius 2 is 1.69 bits per heavy atom. The predicted octanol–water partition coefficient (Wildman–Crippen LogP) is 5.48. The Balaban J connectivity index is 1.41. The van der Waals surface area contributed by atoms with Crippen LogP contribution in [0.3, 0.4) is 0 Å². The molecular formula is C31H27BrN4O4S2. The molecule has 1 aromatic heterocycles. The van der Waals surface area contributed by atoms with Crippen molar-refractivity contribution >= 4 is 73.8 Å². The minimum absolute atomic E-state index is 0.201. The monoisotopic (exact) mass is 662 g/mol. The van der Waals surface area contributed by atoms with E-state index in [1.807, 2.05) is 68.4 Å². The maximum Gasteiger partial charge on any atom is 0.308 e. The highest BCUT2D eigenvalue weighted by molar-refractivity contribution is 9.10. The van der Waals surface area contributed by atoms with Crippen LogP contribution in [-0.2, 0) is 20.9 Å². The Kier molecular flexibility index (Phi) is 7.59. The van der Waals surface area contributed by atoms with Gasteiger partial charge in [0.25, 0.3) is 0 Å². The zero-order chi connectivity index (χ0) is 29.7. The topological polar surface area (TPSA) is 91.7 Å². The number of thioether (sulfide) groups is 1. The van der Waals surface area contributed by atoms with Crippen LogP contribution in [0.5, 0.6) is 0 Å². The predicted molar refractivity (Wildman–Crippen MR) is 171 cm³/mol. The van der Waals surface area contributed by atoms with E-state index in [0.29, 0.717) is 21.3 Å². The lowest BCUT2D eigenvalue weighted by Gasteiger charge is -2.31. The van der Waals surface area contributed by atoms with Crippen LogP contribution in [0.25, 0.3) is 0 Å². The number of rotatable bonds is 6.